The second kappa shape index (κ2) is 27.5. The van der Waals surface area contributed by atoms with Gasteiger partial charge in [0.1, 0.15) is 0 Å². The van der Waals surface area contributed by atoms with Crippen molar-refractivity contribution < 1.29 is 0 Å². The van der Waals surface area contributed by atoms with Crippen LogP contribution in [-0.4, -0.2) is 24.5 Å². The highest BCUT2D eigenvalue weighted by Gasteiger charge is 2.05. The van der Waals surface area contributed by atoms with Crippen LogP contribution in [0.25, 0.3) is 0 Å². The summed E-state index contributed by atoms with van der Waals surface area (Å²) in [4.78, 5) is 2.83. The van der Waals surface area contributed by atoms with Gasteiger partial charge in [-0.3, -0.25) is 0 Å². The van der Waals surface area contributed by atoms with Gasteiger partial charge in [-0.25, -0.2) is 0 Å². The molecule has 0 saturated heterocycles. The predicted octanol–water partition coefficient (Wildman–Crippen LogP) is 11.6. The van der Waals surface area contributed by atoms with Crippen LogP contribution < -0.4 is 0 Å². The van der Waals surface area contributed by atoms with Gasteiger partial charge in [0, 0.05) is 0 Å². The lowest BCUT2D eigenvalue weighted by atomic mass is 10.0. The second-order valence-electron chi connectivity index (χ2n) is 12.3. The number of rotatable bonds is 28. The van der Waals surface area contributed by atoms with Crippen molar-refractivity contribution >= 4 is 0 Å². The molecule has 0 fully saturated rings. The van der Waals surface area contributed by atoms with Gasteiger partial charge >= 0.3 is 0 Å². The Morgan fingerprint density at radius 3 is 0.912 bits per heavy atom. The van der Waals surface area contributed by atoms with Crippen LogP contribution in [0.2, 0.25) is 0 Å². The van der Waals surface area contributed by atoms with Crippen molar-refractivity contribution in [3.8, 4) is 0 Å². The highest BCUT2D eigenvalue weighted by atomic mass is 15.1. The fourth-order valence-electron chi connectivity index (χ4n) is 5.17. The third kappa shape index (κ3) is 28.2. The van der Waals surface area contributed by atoms with Crippen molar-refractivity contribution in [3.05, 3.63) is 0 Å². The lowest BCUT2D eigenvalue weighted by Crippen LogP contribution is -2.27. The molecule has 206 valence electrons. The van der Waals surface area contributed by atoms with Crippen LogP contribution in [-0.2, 0) is 0 Å². The van der Waals surface area contributed by atoms with Crippen LogP contribution >= 0.6 is 0 Å². The maximum Gasteiger partial charge on any atom is -0.00187 e. The summed E-state index contributed by atoms with van der Waals surface area (Å²) in [6.07, 6.45) is 33.3. The average Bonchev–Trinajstić information content (AvgIpc) is 2.80. The van der Waals surface area contributed by atoms with Gasteiger partial charge in [0.15, 0.2) is 0 Å². The molecular formula is C33H69N. The molecule has 0 saturated carbocycles. The molecule has 0 aromatic carbocycles. The zero-order valence-corrected chi connectivity index (χ0v) is 25.0. The lowest BCUT2D eigenvalue weighted by Gasteiger charge is -2.22. The maximum absolute atomic E-state index is 2.83. The van der Waals surface area contributed by atoms with Crippen molar-refractivity contribution in [1.29, 1.82) is 0 Å². The Morgan fingerprint density at radius 2 is 0.618 bits per heavy atom. The summed E-state index contributed by atoms with van der Waals surface area (Å²) in [5.41, 5.74) is 0. The van der Waals surface area contributed by atoms with Gasteiger partial charge in [-0.1, -0.05) is 163 Å². The van der Waals surface area contributed by atoms with E-state index in [0.29, 0.717) is 0 Å². The summed E-state index contributed by atoms with van der Waals surface area (Å²) in [6, 6.07) is 0. The Bertz CT molecular complexity index is 340. The van der Waals surface area contributed by atoms with Crippen LogP contribution in [0.3, 0.4) is 0 Å². The summed E-state index contributed by atoms with van der Waals surface area (Å²) in [5.74, 6) is 1.76. The maximum atomic E-state index is 2.83. The standard InChI is InChI=1S/C33H69N/c1-6-7-8-9-10-11-12-13-14-19-24-29-34(30-25-20-15-17-22-27-32(2)3)31-26-21-16-18-23-28-33(4)5/h32-33H,6-31H2,1-5H3. The van der Waals surface area contributed by atoms with E-state index in [1.807, 2.05) is 0 Å². The smallest absolute Gasteiger partial charge is 0.00187 e. The van der Waals surface area contributed by atoms with Gasteiger partial charge in [-0.15, -0.1) is 0 Å². The molecular weight excluding hydrogens is 410 g/mol. The Labute approximate surface area is 218 Å². The molecule has 0 unspecified atom stereocenters. The molecule has 0 aromatic heterocycles. The van der Waals surface area contributed by atoms with Crippen molar-refractivity contribution in [1.82, 2.24) is 4.90 Å². The van der Waals surface area contributed by atoms with Crippen molar-refractivity contribution in [2.45, 2.75) is 182 Å². The Kier molecular flexibility index (Phi) is 27.5. The summed E-state index contributed by atoms with van der Waals surface area (Å²) < 4.78 is 0. The minimum Gasteiger partial charge on any atom is -0.303 e. The van der Waals surface area contributed by atoms with E-state index in [1.54, 1.807) is 0 Å². The van der Waals surface area contributed by atoms with Crippen molar-refractivity contribution in [2.24, 2.45) is 11.8 Å². The highest BCUT2D eigenvalue weighted by molar-refractivity contribution is 4.61. The van der Waals surface area contributed by atoms with Gasteiger partial charge in [0.05, 0.1) is 0 Å². The van der Waals surface area contributed by atoms with E-state index in [4.69, 9.17) is 0 Å². The largest absolute Gasteiger partial charge is 0.303 e. The Balaban J connectivity index is 3.86. The topological polar surface area (TPSA) is 3.24 Å². The van der Waals surface area contributed by atoms with E-state index in [9.17, 15) is 0 Å². The highest BCUT2D eigenvalue weighted by Crippen LogP contribution is 2.15. The van der Waals surface area contributed by atoms with Gasteiger partial charge in [0.2, 0.25) is 0 Å². The SMILES string of the molecule is CCCCCCCCCCCCCN(CCCCCCCC(C)C)CCCCCCCC(C)C. The van der Waals surface area contributed by atoms with Crippen LogP contribution in [0.15, 0.2) is 0 Å². The average molecular weight is 480 g/mol. The first kappa shape index (κ1) is 34.0. The van der Waals surface area contributed by atoms with Crippen LogP contribution in [0.5, 0.6) is 0 Å². The molecule has 0 N–H and O–H groups in total. The van der Waals surface area contributed by atoms with E-state index >= 15 is 0 Å². The fraction of sp³-hybridized carbons (Fsp3) is 1.00. The molecule has 0 aliphatic carbocycles. The van der Waals surface area contributed by atoms with Crippen LogP contribution in [0.1, 0.15) is 182 Å². The van der Waals surface area contributed by atoms with Gasteiger partial charge in [-0.2, -0.15) is 0 Å². The number of unbranched alkanes of at least 4 members (excludes halogenated alkanes) is 18. The molecule has 0 atom stereocenters. The molecule has 0 bridgehead atoms. The van der Waals surface area contributed by atoms with Gasteiger partial charge < -0.3 is 4.90 Å². The minimum atomic E-state index is 0.881. The normalized spacial score (nSPS) is 12.0. The van der Waals surface area contributed by atoms with Crippen LogP contribution in [0, 0.1) is 11.8 Å². The first-order valence-corrected chi connectivity index (χ1v) is 16.3. The third-order valence-corrected chi connectivity index (χ3v) is 7.59. The molecule has 0 aliphatic heterocycles. The molecule has 34 heavy (non-hydrogen) atoms. The van der Waals surface area contributed by atoms with E-state index in [2.05, 4.69) is 39.5 Å². The van der Waals surface area contributed by atoms with E-state index in [0.717, 1.165) is 11.8 Å². The molecule has 0 radical (unpaired) electrons. The third-order valence-electron chi connectivity index (χ3n) is 7.59. The molecule has 0 amide bonds. The quantitative estimate of drug-likeness (QED) is 0.101. The zero-order chi connectivity index (χ0) is 25.1. The second-order valence-corrected chi connectivity index (χ2v) is 12.3. The molecule has 0 aromatic rings. The predicted molar refractivity (Wildman–Crippen MR) is 158 cm³/mol. The molecule has 0 aliphatic rings. The molecule has 1 heteroatoms. The Hall–Kier alpha value is -0.0400. The van der Waals surface area contributed by atoms with Gasteiger partial charge in [-0.05, 0) is 50.7 Å². The molecule has 0 heterocycles. The number of hydrogen-bond donors (Lipinski definition) is 0. The number of nitrogens with zero attached hydrogens (tertiary/aromatic N) is 1. The molecule has 0 rings (SSSR count). The minimum absolute atomic E-state index is 0.881. The zero-order valence-electron chi connectivity index (χ0n) is 25.0. The van der Waals surface area contributed by atoms with Crippen molar-refractivity contribution in [3.63, 3.8) is 0 Å². The van der Waals surface area contributed by atoms with Crippen LogP contribution in [0.4, 0.5) is 0 Å². The monoisotopic (exact) mass is 480 g/mol. The first-order chi connectivity index (χ1) is 16.6. The van der Waals surface area contributed by atoms with E-state index in [1.165, 1.54) is 167 Å². The summed E-state index contributed by atoms with van der Waals surface area (Å²) in [6.45, 7) is 15.8. The Morgan fingerprint density at radius 1 is 0.353 bits per heavy atom. The summed E-state index contributed by atoms with van der Waals surface area (Å²) >= 11 is 0. The van der Waals surface area contributed by atoms with E-state index in [-0.39, 0.29) is 0 Å². The van der Waals surface area contributed by atoms with Crippen molar-refractivity contribution in [2.75, 3.05) is 19.6 Å². The lowest BCUT2D eigenvalue weighted by molar-refractivity contribution is 0.254. The fourth-order valence-corrected chi connectivity index (χ4v) is 5.17. The van der Waals surface area contributed by atoms with Gasteiger partial charge in [0.25, 0.3) is 0 Å². The summed E-state index contributed by atoms with van der Waals surface area (Å²) in [5, 5.41) is 0. The number of hydrogen-bond acceptors (Lipinski definition) is 1. The first-order valence-electron chi connectivity index (χ1n) is 16.3. The molecule has 1 nitrogen and oxygen atoms in total. The van der Waals surface area contributed by atoms with E-state index < -0.39 is 0 Å². The molecule has 0 spiro atoms. The summed E-state index contributed by atoms with van der Waals surface area (Å²) in [7, 11) is 0.